The van der Waals surface area contributed by atoms with Crippen LogP contribution in [0.1, 0.15) is 46.8 Å². The minimum Gasteiger partial charge on any atom is -0.378 e. The van der Waals surface area contributed by atoms with Gasteiger partial charge in [-0.15, -0.1) is 0 Å². The van der Waals surface area contributed by atoms with Crippen molar-refractivity contribution in [1.29, 1.82) is 0 Å². The summed E-state index contributed by atoms with van der Waals surface area (Å²) in [7, 11) is 0. The van der Waals surface area contributed by atoms with Crippen LogP contribution >= 0.6 is 0 Å². The summed E-state index contributed by atoms with van der Waals surface area (Å²) >= 11 is 0. The van der Waals surface area contributed by atoms with Crippen LogP contribution in [0.5, 0.6) is 0 Å². The molecule has 0 saturated carbocycles. The van der Waals surface area contributed by atoms with Crippen molar-refractivity contribution in [3.8, 4) is 0 Å². The van der Waals surface area contributed by atoms with Gasteiger partial charge in [-0.2, -0.15) is 0 Å². The molecule has 1 heterocycles. The molecule has 3 unspecified atom stereocenters. The number of amides is 1. The largest absolute Gasteiger partial charge is 0.378 e. The molecule has 3 aromatic carbocycles. The summed E-state index contributed by atoms with van der Waals surface area (Å²) in [5, 5.41) is 3.76. The maximum atomic E-state index is 13.3. The average molecular weight is 395 g/mol. The second kappa shape index (κ2) is 7.83. The number of hydrogen-bond acceptors (Lipinski definition) is 2. The van der Waals surface area contributed by atoms with Crippen molar-refractivity contribution in [3.63, 3.8) is 0 Å². The van der Waals surface area contributed by atoms with E-state index in [1.807, 2.05) is 48.2 Å². The van der Waals surface area contributed by atoms with Gasteiger partial charge in [0.2, 0.25) is 0 Å². The Balaban J connectivity index is 1.49. The third kappa shape index (κ3) is 3.21. The fourth-order valence-electron chi connectivity index (χ4n) is 4.93. The standard InChI is InChI=1S/C27H26N2O/c1-2-29(21-12-7-4-8-13-21)27(30)20-16-17-25-24(18-20)22-14-9-15-23(22)26(28-25)19-10-5-3-6-11-19/h3-14,16-18,22-23,26,28H,2,15H2,1H3. The maximum Gasteiger partial charge on any atom is 0.258 e. The predicted molar refractivity (Wildman–Crippen MR) is 123 cm³/mol. The number of benzene rings is 3. The van der Waals surface area contributed by atoms with E-state index in [0.29, 0.717) is 18.4 Å². The second-order valence-corrected chi connectivity index (χ2v) is 8.07. The molecular formula is C27H26N2O. The zero-order chi connectivity index (χ0) is 20.5. The SMILES string of the molecule is CCN(C(=O)c1ccc2c(c1)C1C=CCC1C(c1ccccc1)N2)c1ccccc1. The van der Waals surface area contributed by atoms with Gasteiger partial charge in [0.25, 0.3) is 5.91 Å². The highest BCUT2D eigenvalue weighted by Gasteiger charge is 2.38. The van der Waals surface area contributed by atoms with Crippen LogP contribution in [0.2, 0.25) is 0 Å². The quantitative estimate of drug-likeness (QED) is 0.536. The summed E-state index contributed by atoms with van der Waals surface area (Å²) in [5.74, 6) is 0.864. The van der Waals surface area contributed by atoms with Gasteiger partial charge in [-0.3, -0.25) is 4.79 Å². The number of allylic oxidation sites excluding steroid dienone is 2. The van der Waals surface area contributed by atoms with Crippen molar-refractivity contribution in [3.05, 3.63) is 108 Å². The zero-order valence-electron chi connectivity index (χ0n) is 17.2. The van der Waals surface area contributed by atoms with E-state index >= 15 is 0 Å². The van der Waals surface area contributed by atoms with Gasteiger partial charge in [0.05, 0.1) is 6.04 Å². The molecule has 1 amide bonds. The van der Waals surface area contributed by atoms with Gasteiger partial charge < -0.3 is 10.2 Å². The first-order chi connectivity index (χ1) is 14.8. The molecule has 0 radical (unpaired) electrons. The fraction of sp³-hybridized carbons (Fsp3) is 0.222. The maximum absolute atomic E-state index is 13.3. The monoisotopic (exact) mass is 394 g/mol. The summed E-state index contributed by atoms with van der Waals surface area (Å²) in [4.78, 5) is 15.2. The number of nitrogens with zero attached hydrogens (tertiary/aromatic N) is 1. The molecule has 0 spiro atoms. The van der Waals surface area contributed by atoms with E-state index in [-0.39, 0.29) is 11.9 Å². The van der Waals surface area contributed by atoms with E-state index in [1.54, 1.807) is 0 Å². The van der Waals surface area contributed by atoms with Crippen LogP contribution in [0.4, 0.5) is 11.4 Å². The highest BCUT2D eigenvalue weighted by atomic mass is 16.2. The predicted octanol–water partition coefficient (Wildman–Crippen LogP) is 6.18. The molecule has 150 valence electrons. The summed E-state index contributed by atoms with van der Waals surface area (Å²) in [5.41, 5.74) is 5.37. The van der Waals surface area contributed by atoms with Crippen molar-refractivity contribution in [2.75, 3.05) is 16.8 Å². The molecular weight excluding hydrogens is 368 g/mol. The van der Waals surface area contributed by atoms with Gasteiger partial charge in [0, 0.05) is 29.4 Å². The molecule has 1 N–H and O–H groups in total. The highest BCUT2D eigenvalue weighted by molar-refractivity contribution is 6.06. The number of carbonyl (C=O) groups is 1. The third-order valence-electron chi connectivity index (χ3n) is 6.40. The lowest BCUT2D eigenvalue weighted by Gasteiger charge is -2.38. The van der Waals surface area contributed by atoms with E-state index in [4.69, 9.17) is 0 Å². The minimum absolute atomic E-state index is 0.0511. The smallest absolute Gasteiger partial charge is 0.258 e. The molecule has 0 saturated heterocycles. The van der Waals surface area contributed by atoms with Gasteiger partial charge in [0.15, 0.2) is 0 Å². The van der Waals surface area contributed by atoms with Crippen molar-refractivity contribution < 1.29 is 4.79 Å². The van der Waals surface area contributed by atoms with E-state index in [9.17, 15) is 4.79 Å². The lowest BCUT2D eigenvalue weighted by molar-refractivity contribution is 0.0988. The summed E-state index contributed by atoms with van der Waals surface area (Å²) in [6.45, 7) is 2.66. The summed E-state index contributed by atoms with van der Waals surface area (Å²) in [6, 6.07) is 27.0. The van der Waals surface area contributed by atoms with Gasteiger partial charge in [-0.25, -0.2) is 0 Å². The Labute approximate surface area is 178 Å². The Morgan fingerprint density at radius 2 is 1.73 bits per heavy atom. The van der Waals surface area contributed by atoms with Crippen molar-refractivity contribution in [2.24, 2.45) is 5.92 Å². The minimum atomic E-state index is 0.0511. The first kappa shape index (κ1) is 18.7. The Hall–Kier alpha value is -3.33. The number of anilines is 2. The van der Waals surface area contributed by atoms with Crippen LogP contribution in [-0.4, -0.2) is 12.5 Å². The molecule has 3 aromatic rings. The van der Waals surface area contributed by atoms with Gasteiger partial charge in [0.1, 0.15) is 0 Å². The molecule has 3 heteroatoms. The van der Waals surface area contributed by atoms with E-state index in [0.717, 1.165) is 23.4 Å². The molecule has 2 aliphatic rings. The Morgan fingerprint density at radius 1 is 1.00 bits per heavy atom. The second-order valence-electron chi connectivity index (χ2n) is 8.07. The van der Waals surface area contributed by atoms with Crippen molar-refractivity contribution in [1.82, 2.24) is 0 Å². The van der Waals surface area contributed by atoms with Crippen LogP contribution in [0.3, 0.4) is 0 Å². The van der Waals surface area contributed by atoms with Crippen LogP contribution in [0, 0.1) is 5.92 Å². The number of rotatable bonds is 4. The van der Waals surface area contributed by atoms with Gasteiger partial charge in [-0.05, 0) is 60.7 Å². The summed E-state index contributed by atoms with van der Waals surface area (Å²) < 4.78 is 0. The normalized spacial score (nSPS) is 21.4. The summed E-state index contributed by atoms with van der Waals surface area (Å²) in [6.07, 6.45) is 5.67. The van der Waals surface area contributed by atoms with Gasteiger partial charge in [-0.1, -0.05) is 60.7 Å². The first-order valence-electron chi connectivity index (χ1n) is 10.7. The number of fused-ring (bicyclic) bond motifs is 3. The molecule has 30 heavy (non-hydrogen) atoms. The van der Waals surface area contributed by atoms with Crippen LogP contribution in [0.25, 0.3) is 0 Å². The zero-order valence-corrected chi connectivity index (χ0v) is 17.2. The number of carbonyl (C=O) groups excluding carboxylic acids is 1. The van der Waals surface area contributed by atoms with Crippen LogP contribution < -0.4 is 10.2 Å². The number of nitrogens with one attached hydrogen (secondary N) is 1. The van der Waals surface area contributed by atoms with Crippen molar-refractivity contribution >= 4 is 17.3 Å². The molecule has 3 nitrogen and oxygen atoms in total. The molecule has 1 aliphatic heterocycles. The number of hydrogen-bond donors (Lipinski definition) is 1. The lowest BCUT2D eigenvalue weighted by atomic mass is 9.76. The Morgan fingerprint density at radius 3 is 2.47 bits per heavy atom. The topological polar surface area (TPSA) is 32.3 Å². The lowest BCUT2D eigenvalue weighted by Crippen LogP contribution is -2.32. The van der Waals surface area contributed by atoms with E-state index < -0.39 is 0 Å². The third-order valence-corrected chi connectivity index (χ3v) is 6.40. The molecule has 0 aromatic heterocycles. The first-order valence-corrected chi connectivity index (χ1v) is 10.7. The molecule has 0 bridgehead atoms. The van der Waals surface area contributed by atoms with E-state index in [1.165, 1.54) is 11.1 Å². The Kier molecular flexibility index (Phi) is 4.88. The molecule has 3 atom stereocenters. The number of para-hydroxylation sites is 1. The molecule has 0 fully saturated rings. The van der Waals surface area contributed by atoms with E-state index in [2.05, 4.69) is 59.9 Å². The van der Waals surface area contributed by atoms with Crippen LogP contribution in [0.15, 0.2) is 91.0 Å². The molecule has 5 rings (SSSR count). The Bertz CT molecular complexity index is 1070. The average Bonchev–Trinajstić information content (AvgIpc) is 3.30. The fourth-order valence-corrected chi connectivity index (χ4v) is 4.93. The highest BCUT2D eigenvalue weighted by Crippen LogP contribution is 2.49. The molecule has 1 aliphatic carbocycles. The van der Waals surface area contributed by atoms with Gasteiger partial charge >= 0.3 is 0 Å². The van der Waals surface area contributed by atoms with Crippen LogP contribution in [-0.2, 0) is 0 Å². The van der Waals surface area contributed by atoms with Crippen molar-refractivity contribution in [2.45, 2.75) is 25.3 Å².